The molecule has 1 aliphatic heterocycles. The minimum absolute atomic E-state index is 0.331. The Labute approximate surface area is 147 Å². The smallest absolute Gasteiger partial charge is 0.0554 e. The highest BCUT2D eigenvalue weighted by Crippen LogP contribution is 2.54. The summed E-state index contributed by atoms with van der Waals surface area (Å²) in [6.45, 7) is 0. The Hall–Kier alpha value is -2.25. The predicted molar refractivity (Wildman–Crippen MR) is 99.7 cm³/mol. The molecule has 5 rings (SSSR count). The van der Waals surface area contributed by atoms with Gasteiger partial charge in [-0.25, -0.2) is 0 Å². The Morgan fingerprint density at radius 2 is 1.62 bits per heavy atom. The Morgan fingerprint density at radius 1 is 0.833 bits per heavy atom. The maximum Gasteiger partial charge on any atom is 0.0554 e. The van der Waals surface area contributed by atoms with E-state index in [4.69, 9.17) is 11.6 Å². The van der Waals surface area contributed by atoms with E-state index in [0.717, 1.165) is 11.4 Å². The molecule has 0 amide bonds. The monoisotopic (exact) mass is 331 g/mol. The first kappa shape index (κ1) is 14.1. The molecule has 0 saturated heterocycles. The summed E-state index contributed by atoms with van der Waals surface area (Å²) < 4.78 is 0. The molecule has 1 heterocycles. The van der Waals surface area contributed by atoms with Gasteiger partial charge in [0.1, 0.15) is 0 Å². The second-order valence-electron chi connectivity index (χ2n) is 6.81. The molecule has 1 N–H and O–H groups in total. The van der Waals surface area contributed by atoms with E-state index in [1.165, 1.54) is 27.9 Å². The summed E-state index contributed by atoms with van der Waals surface area (Å²) in [5.74, 6) is 0.942. The van der Waals surface area contributed by atoms with Gasteiger partial charge >= 0.3 is 0 Å². The van der Waals surface area contributed by atoms with Gasteiger partial charge in [-0.2, -0.15) is 0 Å². The van der Waals surface area contributed by atoms with Gasteiger partial charge in [0.25, 0.3) is 0 Å². The van der Waals surface area contributed by atoms with Crippen LogP contribution in [-0.4, -0.2) is 0 Å². The van der Waals surface area contributed by atoms with Gasteiger partial charge < -0.3 is 5.32 Å². The average Bonchev–Trinajstić information content (AvgIpc) is 3.02. The lowest BCUT2D eigenvalue weighted by Gasteiger charge is -2.38. The summed E-state index contributed by atoms with van der Waals surface area (Å²) in [5, 5.41) is 4.60. The summed E-state index contributed by atoms with van der Waals surface area (Å²) >= 11 is 6.32. The van der Waals surface area contributed by atoms with E-state index in [0.29, 0.717) is 17.9 Å². The number of anilines is 1. The molecule has 0 radical (unpaired) electrons. The molecule has 0 aromatic heterocycles. The van der Waals surface area contributed by atoms with Crippen LogP contribution in [0.3, 0.4) is 0 Å². The first-order chi connectivity index (χ1) is 11.8. The molecule has 0 spiro atoms. The lowest BCUT2D eigenvalue weighted by atomic mass is 9.75. The normalized spacial score (nSPS) is 23.8. The Bertz CT molecular complexity index is 903. The molecule has 3 aromatic rings. The molecule has 24 heavy (non-hydrogen) atoms. The van der Waals surface area contributed by atoms with Crippen LogP contribution >= 0.6 is 11.6 Å². The average molecular weight is 332 g/mol. The summed E-state index contributed by atoms with van der Waals surface area (Å²) in [4.78, 5) is 0. The van der Waals surface area contributed by atoms with Crippen molar-refractivity contribution in [2.45, 2.75) is 18.4 Å². The van der Waals surface area contributed by atoms with Crippen molar-refractivity contribution in [1.82, 2.24) is 0 Å². The van der Waals surface area contributed by atoms with Gasteiger partial charge in [-0.3, -0.25) is 0 Å². The second-order valence-corrected chi connectivity index (χ2v) is 7.25. The highest BCUT2D eigenvalue weighted by molar-refractivity contribution is 6.30. The van der Waals surface area contributed by atoms with Crippen molar-refractivity contribution in [2.24, 2.45) is 5.92 Å². The number of hydrogen-bond acceptors (Lipinski definition) is 1. The van der Waals surface area contributed by atoms with Crippen molar-refractivity contribution in [3.63, 3.8) is 0 Å². The third-order valence-electron chi connectivity index (χ3n) is 5.52. The summed E-state index contributed by atoms with van der Waals surface area (Å²) in [5.41, 5.74) is 6.85. The standard InChI is InChI=1S/C22H18ClN/c23-16-10-11-20-18(13-16)21-17-9-5-4-8-15(17)12-19(21)22(24-20)14-6-2-1-3-7-14/h1-11,13,19,21-22,24H,12H2/t19-,21-,22-/m1/s1. The fourth-order valence-corrected chi connectivity index (χ4v) is 4.70. The third kappa shape index (κ3) is 2.08. The fourth-order valence-electron chi connectivity index (χ4n) is 4.52. The SMILES string of the molecule is Clc1ccc2c(c1)[C@H]1c3ccccc3C[C@H]1[C@@H](c1ccccc1)N2. The molecule has 2 heteroatoms. The Balaban J connectivity index is 1.70. The molecule has 1 aliphatic carbocycles. The molecule has 118 valence electrons. The number of fused-ring (bicyclic) bond motifs is 5. The third-order valence-corrected chi connectivity index (χ3v) is 5.76. The Kier molecular flexibility index (Phi) is 3.17. The van der Waals surface area contributed by atoms with Crippen LogP contribution < -0.4 is 5.32 Å². The maximum atomic E-state index is 6.32. The van der Waals surface area contributed by atoms with Crippen LogP contribution in [0.1, 0.15) is 34.2 Å². The molecule has 0 fully saturated rings. The van der Waals surface area contributed by atoms with Crippen LogP contribution in [0.25, 0.3) is 0 Å². The van der Waals surface area contributed by atoms with Crippen molar-refractivity contribution in [3.05, 3.63) is 100 Å². The van der Waals surface area contributed by atoms with Crippen LogP contribution in [0.5, 0.6) is 0 Å². The van der Waals surface area contributed by atoms with Crippen LogP contribution in [0.4, 0.5) is 5.69 Å². The zero-order valence-electron chi connectivity index (χ0n) is 13.2. The topological polar surface area (TPSA) is 12.0 Å². The largest absolute Gasteiger partial charge is 0.378 e. The summed E-state index contributed by atoms with van der Waals surface area (Å²) in [6, 6.07) is 26.3. The number of rotatable bonds is 1. The first-order valence-corrected chi connectivity index (χ1v) is 8.88. The van der Waals surface area contributed by atoms with Crippen molar-refractivity contribution in [3.8, 4) is 0 Å². The van der Waals surface area contributed by atoms with E-state index in [1.54, 1.807) is 0 Å². The van der Waals surface area contributed by atoms with Crippen LogP contribution in [0.2, 0.25) is 5.02 Å². The first-order valence-electron chi connectivity index (χ1n) is 8.50. The molecule has 0 saturated carbocycles. The van der Waals surface area contributed by atoms with E-state index in [2.05, 4.69) is 72.0 Å². The van der Waals surface area contributed by atoms with Crippen molar-refractivity contribution < 1.29 is 0 Å². The van der Waals surface area contributed by atoms with Crippen molar-refractivity contribution >= 4 is 17.3 Å². The van der Waals surface area contributed by atoms with Crippen LogP contribution in [0, 0.1) is 5.92 Å². The molecule has 1 nitrogen and oxygen atoms in total. The number of nitrogens with one attached hydrogen (secondary N) is 1. The van der Waals surface area contributed by atoms with Gasteiger partial charge in [0.05, 0.1) is 6.04 Å². The van der Waals surface area contributed by atoms with E-state index in [-0.39, 0.29) is 0 Å². The van der Waals surface area contributed by atoms with Gasteiger partial charge in [-0.05, 0) is 52.8 Å². The molecular formula is C22H18ClN. The Morgan fingerprint density at radius 3 is 2.50 bits per heavy atom. The predicted octanol–water partition coefficient (Wildman–Crippen LogP) is 5.81. The van der Waals surface area contributed by atoms with Gasteiger partial charge in [0.15, 0.2) is 0 Å². The minimum Gasteiger partial charge on any atom is -0.378 e. The van der Waals surface area contributed by atoms with E-state index in [1.807, 2.05) is 6.07 Å². The molecule has 0 unspecified atom stereocenters. The van der Waals surface area contributed by atoms with E-state index >= 15 is 0 Å². The molecule has 0 bridgehead atoms. The maximum absolute atomic E-state index is 6.32. The lowest BCUT2D eigenvalue weighted by molar-refractivity contribution is 0.421. The quantitative estimate of drug-likeness (QED) is 0.593. The molecule has 3 aromatic carbocycles. The van der Waals surface area contributed by atoms with Gasteiger partial charge in [0.2, 0.25) is 0 Å². The highest BCUT2D eigenvalue weighted by atomic mass is 35.5. The molecule has 2 aliphatic rings. The van der Waals surface area contributed by atoms with E-state index < -0.39 is 0 Å². The second kappa shape index (κ2) is 5.39. The lowest BCUT2D eigenvalue weighted by Crippen LogP contribution is -2.30. The zero-order valence-corrected chi connectivity index (χ0v) is 14.0. The van der Waals surface area contributed by atoms with Gasteiger partial charge in [-0.15, -0.1) is 0 Å². The van der Waals surface area contributed by atoms with Crippen molar-refractivity contribution in [1.29, 1.82) is 0 Å². The van der Waals surface area contributed by atoms with E-state index in [9.17, 15) is 0 Å². The number of benzene rings is 3. The van der Waals surface area contributed by atoms with Crippen LogP contribution in [0.15, 0.2) is 72.8 Å². The fraction of sp³-hybridized carbons (Fsp3) is 0.182. The minimum atomic E-state index is 0.331. The van der Waals surface area contributed by atoms with Gasteiger partial charge in [0, 0.05) is 16.6 Å². The summed E-state index contributed by atoms with van der Waals surface area (Å²) in [6.07, 6.45) is 1.11. The molecular weight excluding hydrogens is 314 g/mol. The number of hydrogen-bond donors (Lipinski definition) is 1. The number of halogens is 1. The summed E-state index contributed by atoms with van der Waals surface area (Å²) in [7, 11) is 0. The van der Waals surface area contributed by atoms with Crippen LogP contribution in [-0.2, 0) is 6.42 Å². The zero-order chi connectivity index (χ0) is 16.1. The highest BCUT2D eigenvalue weighted by Gasteiger charge is 2.43. The van der Waals surface area contributed by atoms with Crippen molar-refractivity contribution in [2.75, 3.05) is 5.32 Å². The molecule has 3 atom stereocenters. The van der Waals surface area contributed by atoms with Gasteiger partial charge in [-0.1, -0.05) is 66.2 Å².